The Morgan fingerprint density at radius 3 is 2.52 bits per heavy atom. The number of nitrogens with one attached hydrogen (secondary N) is 1. The molecule has 21 heavy (non-hydrogen) atoms. The highest BCUT2D eigenvalue weighted by molar-refractivity contribution is 7.90. The largest absolute Gasteiger partial charge is 0.511 e. The zero-order valence-electron chi connectivity index (χ0n) is 10.7. The molecule has 1 rings (SSSR count). The number of benzene rings is 1. The molecule has 0 aliphatic carbocycles. The summed E-state index contributed by atoms with van der Waals surface area (Å²) >= 11 is 0. The van der Waals surface area contributed by atoms with Crippen LogP contribution in [0, 0.1) is 24.1 Å². The monoisotopic (exact) mass is 326 g/mol. The molecule has 1 aromatic carbocycles. The maximum Gasteiger partial charge on any atom is 0.511 e. The lowest BCUT2D eigenvalue weighted by Gasteiger charge is -2.11. The fourth-order valence-electron chi connectivity index (χ4n) is 1.30. The van der Waals surface area contributed by atoms with Crippen LogP contribution in [0.4, 0.5) is 17.6 Å². The Morgan fingerprint density at radius 2 is 2.00 bits per heavy atom. The Labute approximate surface area is 118 Å². The molecule has 10 heteroatoms. The van der Waals surface area contributed by atoms with E-state index in [-0.39, 0.29) is 11.3 Å². The van der Waals surface area contributed by atoms with Crippen LogP contribution in [0.25, 0.3) is 0 Å². The Morgan fingerprint density at radius 1 is 1.38 bits per heavy atom. The highest BCUT2D eigenvalue weighted by atomic mass is 32.2. The summed E-state index contributed by atoms with van der Waals surface area (Å²) in [6, 6.07) is 3.88. The van der Waals surface area contributed by atoms with E-state index in [4.69, 9.17) is 10.00 Å². The van der Waals surface area contributed by atoms with Crippen molar-refractivity contribution in [2.45, 2.75) is 12.4 Å². The summed E-state index contributed by atoms with van der Waals surface area (Å²) in [5.41, 5.74) is -4.90. The highest BCUT2D eigenvalue weighted by Crippen LogP contribution is 2.22. The van der Waals surface area contributed by atoms with Crippen LogP contribution in [0.15, 0.2) is 12.1 Å². The maximum atomic E-state index is 13.5. The molecule has 0 fully saturated rings. The summed E-state index contributed by atoms with van der Waals surface area (Å²) < 4.78 is 76.9. The van der Waals surface area contributed by atoms with E-state index in [2.05, 4.69) is 0 Å². The van der Waals surface area contributed by atoms with Gasteiger partial charge < -0.3 is 4.74 Å². The minimum atomic E-state index is -5.45. The van der Waals surface area contributed by atoms with Crippen molar-refractivity contribution in [1.29, 1.82) is 5.26 Å². The molecule has 0 bridgehead atoms. The fourth-order valence-corrected chi connectivity index (χ4v) is 1.82. The van der Waals surface area contributed by atoms with Crippen molar-refractivity contribution in [3.8, 4) is 11.8 Å². The third-order valence-corrected chi connectivity index (χ3v) is 3.55. The van der Waals surface area contributed by atoms with E-state index in [1.165, 1.54) is 17.7 Å². The second-order valence-corrected chi connectivity index (χ2v) is 5.66. The predicted molar refractivity (Wildman–Crippen MR) is 64.3 cm³/mol. The quantitative estimate of drug-likeness (QED) is 0.661. The predicted octanol–water partition coefficient (Wildman–Crippen LogP) is 1.82. The van der Waals surface area contributed by atoms with Crippen LogP contribution < -0.4 is 9.46 Å². The molecule has 0 aliphatic rings. The molecule has 0 radical (unpaired) electrons. The van der Waals surface area contributed by atoms with Crippen LogP contribution in [-0.2, 0) is 10.0 Å². The number of aryl methyl sites for hydroxylation is 1. The number of nitriles is 1. The van der Waals surface area contributed by atoms with E-state index >= 15 is 0 Å². The summed E-state index contributed by atoms with van der Waals surface area (Å²) in [4.78, 5) is 0. The van der Waals surface area contributed by atoms with Gasteiger partial charge in [0.2, 0.25) is 0 Å². The molecule has 0 heterocycles. The average molecular weight is 326 g/mol. The van der Waals surface area contributed by atoms with Gasteiger partial charge in [0.1, 0.15) is 6.61 Å². The average Bonchev–Trinajstić information content (AvgIpc) is 2.36. The van der Waals surface area contributed by atoms with Crippen molar-refractivity contribution in [3.05, 3.63) is 29.1 Å². The number of nitrogens with zero attached hydrogens (tertiary/aromatic N) is 1. The number of halogens is 4. The second-order valence-electron chi connectivity index (χ2n) is 3.90. The van der Waals surface area contributed by atoms with Crippen LogP contribution >= 0.6 is 0 Å². The molecule has 0 spiro atoms. The van der Waals surface area contributed by atoms with Gasteiger partial charge in [-0.3, -0.25) is 0 Å². The van der Waals surface area contributed by atoms with E-state index in [9.17, 15) is 26.0 Å². The Hall–Kier alpha value is -1.86. The second kappa shape index (κ2) is 6.28. The number of alkyl halides is 3. The first-order chi connectivity index (χ1) is 9.58. The summed E-state index contributed by atoms with van der Waals surface area (Å²) in [5, 5.41) is 8.67. The van der Waals surface area contributed by atoms with E-state index < -0.39 is 34.5 Å². The van der Waals surface area contributed by atoms with Crippen LogP contribution in [0.2, 0.25) is 0 Å². The molecule has 0 amide bonds. The van der Waals surface area contributed by atoms with Gasteiger partial charge in [-0.2, -0.15) is 18.4 Å². The van der Waals surface area contributed by atoms with Gasteiger partial charge in [0.05, 0.1) is 11.6 Å². The lowest BCUT2D eigenvalue weighted by atomic mass is 10.1. The van der Waals surface area contributed by atoms with Crippen molar-refractivity contribution in [1.82, 2.24) is 4.72 Å². The Balaban J connectivity index is 2.63. The molecule has 0 atom stereocenters. The fraction of sp³-hybridized carbons (Fsp3) is 0.364. The third-order valence-electron chi connectivity index (χ3n) is 2.36. The van der Waals surface area contributed by atoms with Gasteiger partial charge in [-0.25, -0.2) is 17.5 Å². The highest BCUT2D eigenvalue weighted by Gasteiger charge is 2.45. The van der Waals surface area contributed by atoms with Crippen molar-refractivity contribution in [2.24, 2.45) is 0 Å². The standard InChI is InChI=1S/C11H10F4N2O3S/c1-7-4-10(9(12)5-8(7)6-16)20-3-2-17-21(18,19)11(13,14)15/h4-5,17H,2-3H2,1H3. The number of rotatable bonds is 5. The minimum Gasteiger partial charge on any atom is -0.489 e. The third kappa shape index (κ3) is 4.30. The van der Waals surface area contributed by atoms with Gasteiger partial charge >= 0.3 is 15.5 Å². The zero-order chi connectivity index (χ0) is 16.3. The van der Waals surface area contributed by atoms with E-state index in [0.717, 1.165) is 6.07 Å². The number of ether oxygens (including phenoxy) is 1. The van der Waals surface area contributed by atoms with Gasteiger partial charge in [-0.1, -0.05) is 0 Å². The summed E-state index contributed by atoms with van der Waals surface area (Å²) in [7, 11) is -5.45. The van der Waals surface area contributed by atoms with Crippen molar-refractivity contribution in [3.63, 3.8) is 0 Å². The topological polar surface area (TPSA) is 79.2 Å². The minimum absolute atomic E-state index is 0.0950. The first kappa shape index (κ1) is 17.2. The van der Waals surface area contributed by atoms with Gasteiger partial charge in [-0.05, 0) is 24.6 Å². The summed E-state index contributed by atoms with van der Waals surface area (Å²) in [6.45, 7) is 0.342. The normalized spacial score (nSPS) is 12.0. The summed E-state index contributed by atoms with van der Waals surface area (Å²) in [5.74, 6) is -1.14. The molecule has 0 unspecified atom stereocenters. The first-order valence-corrected chi connectivity index (χ1v) is 6.96. The Kier molecular flexibility index (Phi) is 5.14. The van der Waals surface area contributed by atoms with Crippen LogP contribution in [0.3, 0.4) is 0 Å². The van der Waals surface area contributed by atoms with Crippen LogP contribution in [0.5, 0.6) is 5.75 Å². The molecule has 1 N–H and O–H groups in total. The molecular formula is C11H10F4N2O3S. The van der Waals surface area contributed by atoms with Crippen molar-refractivity contribution >= 4 is 10.0 Å². The molecule has 1 aromatic rings. The van der Waals surface area contributed by atoms with Gasteiger partial charge in [0.15, 0.2) is 11.6 Å². The smallest absolute Gasteiger partial charge is 0.489 e. The lowest BCUT2D eigenvalue weighted by Crippen LogP contribution is -2.38. The van der Waals surface area contributed by atoms with Gasteiger partial charge in [0.25, 0.3) is 0 Å². The lowest BCUT2D eigenvalue weighted by molar-refractivity contribution is -0.0448. The summed E-state index contributed by atoms with van der Waals surface area (Å²) in [6.07, 6.45) is 0. The molecule has 0 saturated heterocycles. The van der Waals surface area contributed by atoms with Crippen LogP contribution in [-0.4, -0.2) is 27.1 Å². The van der Waals surface area contributed by atoms with Gasteiger partial charge in [0, 0.05) is 6.54 Å². The number of hydrogen-bond donors (Lipinski definition) is 1. The first-order valence-electron chi connectivity index (χ1n) is 5.47. The Bertz CT molecular complexity index is 665. The molecule has 0 saturated carbocycles. The van der Waals surface area contributed by atoms with Gasteiger partial charge in [-0.15, -0.1) is 0 Å². The molecule has 0 aliphatic heterocycles. The molecular weight excluding hydrogens is 316 g/mol. The maximum absolute atomic E-state index is 13.5. The number of hydrogen-bond acceptors (Lipinski definition) is 4. The van der Waals surface area contributed by atoms with E-state index in [1.54, 1.807) is 6.07 Å². The SMILES string of the molecule is Cc1cc(OCCNS(=O)(=O)C(F)(F)F)c(F)cc1C#N. The number of sulfonamides is 1. The van der Waals surface area contributed by atoms with E-state index in [0.29, 0.717) is 5.56 Å². The molecule has 0 aromatic heterocycles. The van der Waals surface area contributed by atoms with Crippen LogP contribution in [0.1, 0.15) is 11.1 Å². The zero-order valence-corrected chi connectivity index (χ0v) is 11.5. The van der Waals surface area contributed by atoms with Crippen molar-refractivity contribution < 1.29 is 30.7 Å². The molecule has 116 valence electrons. The van der Waals surface area contributed by atoms with Crippen molar-refractivity contribution in [2.75, 3.05) is 13.2 Å². The van der Waals surface area contributed by atoms with E-state index in [1.807, 2.05) is 0 Å². The molecule has 5 nitrogen and oxygen atoms in total.